The summed E-state index contributed by atoms with van der Waals surface area (Å²) in [5, 5.41) is 0. The first-order valence-corrected chi connectivity index (χ1v) is 9.94. The first-order valence-electron chi connectivity index (χ1n) is 9.94. The number of hydrogen-bond acceptors (Lipinski definition) is 5. The lowest BCUT2D eigenvalue weighted by Gasteiger charge is -2.41. The van der Waals surface area contributed by atoms with E-state index in [1.807, 2.05) is 44.2 Å². The lowest BCUT2D eigenvalue weighted by molar-refractivity contribution is -0.167. The molecule has 160 valence electrons. The van der Waals surface area contributed by atoms with Crippen LogP contribution in [0, 0.1) is 11.8 Å². The Hall–Kier alpha value is -2.57. The number of carbonyl (C=O) groups is 3. The van der Waals surface area contributed by atoms with Gasteiger partial charge in [-0.05, 0) is 32.3 Å². The SMILES string of the molecule is CC(C)C(C(=O)OC(C)(C)C)N(C)C(=O)C1CN(C(=O)OCc2ccccc2)C1. The van der Waals surface area contributed by atoms with Crippen LogP contribution in [0.25, 0.3) is 0 Å². The fraction of sp³-hybridized carbons (Fsp3) is 0.591. The molecule has 2 amide bonds. The first-order chi connectivity index (χ1) is 13.5. The maximum Gasteiger partial charge on any atom is 0.410 e. The molecule has 1 fully saturated rings. The summed E-state index contributed by atoms with van der Waals surface area (Å²) in [6.45, 7) is 9.94. The summed E-state index contributed by atoms with van der Waals surface area (Å²) in [7, 11) is 1.62. The highest BCUT2D eigenvalue weighted by atomic mass is 16.6. The molecule has 2 rings (SSSR count). The van der Waals surface area contributed by atoms with Crippen molar-refractivity contribution in [1.82, 2.24) is 9.80 Å². The van der Waals surface area contributed by atoms with Crippen LogP contribution < -0.4 is 0 Å². The van der Waals surface area contributed by atoms with Crippen LogP contribution in [0.2, 0.25) is 0 Å². The third-order valence-corrected chi connectivity index (χ3v) is 4.74. The number of nitrogens with zero attached hydrogens (tertiary/aromatic N) is 2. The van der Waals surface area contributed by atoms with Crippen LogP contribution >= 0.6 is 0 Å². The van der Waals surface area contributed by atoms with Crippen LogP contribution in [-0.4, -0.2) is 59.5 Å². The number of esters is 1. The second-order valence-electron chi connectivity index (χ2n) is 8.81. The molecule has 7 nitrogen and oxygen atoms in total. The van der Waals surface area contributed by atoms with Gasteiger partial charge in [0.15, 0.2) is 0 Å². The van der Waals surface area contributed by atoms with Gasteiger partial charge in [0.05, 0.1) is 5.92 Å². The molecule has 29 heavy (non-hydrogen) atoms. The predicted octanol–water partition coefficient (Wildman–Crippen LogP) is 3.08. The van der Waals surface area contributed by atoms with Crippen molar-refractivity contribution in [3.05, 3.63) is 35.9 Å². The minimum Gasteiger partial charge on any atom is -0.458 e. The molecule has 0 aromatic heterocycles. The molecule has 1 aromatic rings. The molecule has 7 heteroatoms. The van der Waals surface area contributed by atoms with E-state index in [2.05, 4.69) is 0 Å². The van der Waals surface area contributed by atoms with Gasteiger partial charge in [0.1, 0.15) is 18.2 Å². The summed E-state index contributed by atoms with van der Waals surface area (Å²) in [6.07, 6.45) is -0.437. The van der Waals surface area contributed by atoms with E-state index in [1.165, 1.54) is 9.80 Å². The summed E-state index contributed by atoms with van der Waals surface area (Å²) in [5.74, 6) is -1.01. The van der Waals surface area contributed by atoms with E-state index in [-0.39, 0.29) is 37.4 Å². The third-order valence-electron chi connectivity index (χ3n) is 4.74. The van der Waals surface area contributed by atoms with Crippen molar-refractivity contribution in [3.8, 4) is 0 Å². The zero-order valence-corrected chi connectivity index (χ0v) is 18.2. The zero-order chi connectivity index (χ0) is 21.8. The van der Waals surface area contributed by atoms with Crippen molar-refractivity contribution in [2.24, 2.45) is 11.8 Å². The van der Waals surface area contributed by atoms with E-state index in [4.69, 9.17) is 9.47 Å². The maximum absolute atomic E-state index is 12.8. The largest absolute Gasteiger partial charge is 0.458 e. The van der Waals surface area contributed by atoms with Crippen LogP contribution in [0.3, 0.4) is 0 Å². The van der Waals surface area contributed by atoms with Crippen LogP contribution in [0.1, 0.15) is 40.2 Å². The monoisotopic (exact) mass is 404 g/mol. The first kappa shape index (κ1) is 22.7. The second kappa shape index (κ2) is 9.29. The van der Waals surface area contributed by atoms with Gasteiger partial charge < -0.3 is 19.3 Å². The van der Waals surface area contributed by atoms with Gasteiger partial charge in [-0.1, -0.05) is 44.2 Å². The molecule has 1 aliphatic rings. The van der Waals surface area contributed by atoms with E-state index in [1.54, 1.807) is 27.8 Å². The number of amides is 2. The molecule has 1 atom stereocenters. The molecule has 1 aliphatic heterocycles. The second-order valence-corrected chi connectivity index (χ2v) is 8.81. The number of likely N-dealkylation sites (N-methyl/N-ethyl adjacent to an activating group) is 1. The Morgan fingerprint density at radius 3 is 2.24 bits per heavy atom. The summed E-state index contributed by atoms with van der Waals surface area (Å²) < 4.78 is 10.8. The van der Waals surface area contributed by atoms with E-state index in [9.17, 15) is 14.4 Å². The summed E-state index contributed by atoms with van der Waals surface area (Å²) in [6, 6.07) is 8.76. The smallest absolute Gasteiger partial charge is 0.410 e. The van der Waals surface area contributed by atoms with E-state index in [0.29, 0.717) is 0 Å². The third kappa shape index (κ3) is 6.21. The number of benzene rings is 1. The van der Waals surface area contributed by atoms with Crippen molar-refractivity contribution >= 4 is 18.0 Å². The molecular weight excluding hydrogens is 372 g/mol. The highest BCUT2D eigenvalue weighted by molar-refractivity contribution is 5.87. The van der Waals surface area contributed by atoms with Crippen LogP contribution in [-0.2, 0) is 25.7 Å². The van der Waals surface area contributed by atoms with Gasteiger partial charge in [-0.25, -0.2) is 9.59 Å². The van der Waals surface area contributed by atoms with Crippen molar-refractivity contribution in [2.45, 2.75) is 52.9 Å². The summed E-state index contributed by atoms with van der Waals surface area (Å²) in [4.78, 5) is 40.5. The molecule has 0 bridgehead atoms. The number of carbonyl (C=O) groups excluding carboxylic acids is 3. The van der Waals surface area contributed by atoms with E-state index >= 15 is 0 Å². The Morgan fingerprint density at radius 1 is 1.14 bits per heavy atom. The van der Waals surface area contributed by atoms with E-state index < -0.39 is 23.7 Å². The maximum atomic E-state index is 12.8. The Balaban J connectivity index is 1.87. The number of likely N-dealkylation sites (tertiary alicyclic amines) is 1. The standard InChI is InChI=1S/C22H32N2O5/c1-15(2)18(20(26)29-22(3,4)5)23(6)19(25)17-12-24(13-17)21(27)28-14-16-10-8-7-9-11-16/h7-11,15,17-18H,12-14H2,1-6H3. The van der Waals surface area contributed by atoms with Gasteiger partial charge in [-0.3, -0.25) is 4.79 Å². The van der Waals surface area contributed by atoms with E-state index in [0.717, 1.165) is 5.56 Å². The van der Waals surface area contributed by atoms with Gasteiger partial charge >= 0.3 is 12.1 Å². The number of ether oxygens (including phenoxy) is 2. The summed E-state index contributed by atoms with van der Waals surface area (Å²) in [5.41, 5.74) is 0.287. The molecule has 1 heterocycles. The molecular formula is C22H32N2O5. The normalized spacial score (nSPS) is 15.5. The minimum atomic E-state index is -0.666. The van der Waals surface area contributed by atoms with Gasteiger partial charge in [0, 0.05) is 20.1 Å². The Morgan fingerprint density at radius 2 is 1.72 bits per heavy atom. The van der Waals surface area contributed by atoms with Crippen molar-refractivity contribution in [3.63, 3.8) is 0 Å². The molecule has 0 aliphatic carbocycles. The van der Waals surface area contributed by atoms with Gasteiger partial charge in [-0.15, -0.1) is 0 Å². The van der Waals surface area contributed by atoms with Gasteiger partial charge in [-0.2, -0.15) is 0 Å². The minimum absolute atomic E-state index is 0.0918. The van der Waals surface area contributed by atoms with Crippen molar-refractivity contribution in [2.75, 3.05) is 20.1 Å². The molecule has 1 aromatic carbocycles. The molecule has 1 unspecified atom stereocenters. The molecule has 0 radical (unpaired) electrons. The lowest BCUT2D eigenvalue weighted by atomic mass is 9.96. The highest BCUT2D eigenvalue weighted by Crippen LogP contribution is 2.23. The fourth-order valence-electron chi connectivity index (χ4n) is 3.26. The Labute approximate surface area is 172 Å². The fourth-order valence-corrected chi connectivity index (χ4v) is 3.26. The molecule has 0 saturated carbocycles. The van der Waals surface area contributed by atoms with Crippen LogP contribution in [0.5, 0.6) is 0 Å². The summed E-state index contributed by atoms with van der Waals surface area (Å²) >= 11 is 0. The number of rotatable bonds is 6. The van der Waals surface area contributed by atoms with Crippen molar-refractivity contribution < 1.29 is 23.9 Å². The molecule has 1 saturated heterocycles. The Kier molecular flexibility index (Phi) is 7.27. The average molecular weight is 405 g/mol. The molecule has 0 spiro atoms. The van der Waals surface area contributed by atoms with Crippen molar-refractivity contribution in [1.29, 1.82) is 0 Å². The number of hydrogen-bond donors (Lipinski definition) is 0. The predicted molar refractivity (Wildman–Crippen MR) is 109 cm³/mol. The van der Waals surface area contributed by atoms with Gasteiger partial charge in [0.2, 0.25) is 5.91 Å². The lowest BCUT2D eigenvalue weighted by Crippen LogP contribution is -2.59. The quantitative estimate of drug-likeness (QED) is 0.681. The average Bonchev–Trinajstić information content (AvgIpc) is 2.57. The molecule has 0 N–H and O–H groups in total. The Bertz CT molecular complexity index is 720. The van der Waals surface area contributed by atoms with Crippen LogP contribution in [0.15, 0.2) is 30.3 Å². The zero-order valence-electron chi connectivity index (χ0n) is 18.2. The topological polar surface area (TPSA) is 76.2 Å². The highest BCUT2D eigenvalue weighted by Gasteiger charge is 2.42. The van der Waals surface area contributed by atoms with Gasteiger partial charge in [0.25, 0.3) is 0 Å². The van der Waals surface area contributed by atoms with Crippen LogP contribution in [0.4, 0.5) is 4.79 Å².